The molecule has 0 radical (unpaired) electrons. The van der Waals surface area contributed by atoms with E-state index in [2.05, 4.69) is 44.2 Å². The third kappa shape index (κ3) is 26.3. The number of rotatable bonds is 28. The molecule has 2 aromatic heterocycles. The number of morpholine rings is 3. The summed E-state index contributed by atoms with van der Waals surface area (Å²) in [7, 11) is -22.5. The fourth-order valence-electron chi connectivity index (χ4n) is 13.6. The number of piperazine rings is 1. The second-order valence-electron chi connectivity index (χ2n) is 29.5. The highest BCUT2D eigenvalue weighted by atomic mass is 35.5. The normalized spacial score (nSPS) is 18.7. The third-order valence-electron chi connectivity index (χ3n) is 20.5. The van der Waals surface area contributed by atoms with Crippen LogP contribution in [0, 0.1) is 41.6 Å². The molecule has 3 unspecified atom stereocenters. The predicted octanol–water partition coefficient (Wildman–Crippen LogP) is 7.92. The number of nitro benzene ring substituents is 3. The van der Waals surface area contributed by atoms with Gasteiger partial charge >= 0.3 is 11.9 Å². The Kier molecular flexibility index (Phi) is 32.5. The Hall–Kier alpha value is -9.09. The molecule has 0 bridgehead atoms. The van der Waals surface area contributed by atoms with Gasteiger partial charge in [-0.1, -0.05) is 37.1 Å². The number of sulfonamides is 5. The molecule has 5 aliphatic rings. The summed E-state index contributed by atoms with van der Waals surface area (Å²) < 4.78 is 224. The number of anilines is 3. The lowest BCUT2D eigenvalue weighted by Crippen LogP contribution is -2.48. The van der Waals surface area contributed by atoms with Crippen LogP contribution in [-0.2, 0) is 80.3 Å². The average molecular weight is 1870 g/mol. The predicted molar refractivity (Wildman–Crippen MR) is 449 cm³/mol. The van der Waals surface area contributed by atoms with Gasteiger partial charge in [-0.25, -0.2) is 65.8 Å². The lowest BCUT2D eigenvalue weighted by atomic mass is 9.72. The maximum absolute atomic E-state index is 14.1. The molecule has 38 nitrogen and oxygen atoms in total. The lowest BCUT2D eigenvalue weighted by molar-refractivity contribution is -0.387. The van der Waals surface area contributed by atoms with E-state index in [0.29, 0.717) is 94.4 Å². The maximum Gasteiger partial charge on any atom is 0.416 e. The van der Waals surface area contributed by atoms with E-state index >= 15 is 0 Å². The van der Waals surface area contributed by atoms with Crippen LogP contribution in [0.3, 0.4) is 0 Å². The number of ketones is 1. The van der Waals surface area contributed by atoms with E-state index < -0.39 is 143 Å². The number of pyridine rings is 1. The number of primary sulfonamides is 2. The number of halogens is 5. The van der Waals surface area contributed by atoms with Gasteiger partial charge in [-0.05, 0) is 129 Å². The monoisotopic (exact) mass is 1860 g/mol. The fourth-order valence-corrected chi connectivity index (χ4v) is 19.6. The second kappa shape index (κ2) is 40.9. The number of aromatic nitrogens is 2. The molecule has 5 aromatic carbocycles. The van der Waals surface area contributed by atoms with Gasteiger partial charge in [0.15, 0.2) is 15.6 Å². The summed E-state index contributed by atoms with van der Waals surface area (Å²) in [5.74, 6) is -2.57. The number of carbonyl (C=O) groups is 1. The number of H-pyrrole nitrogens is 1. The number of carbonyl (C=O) groups excluding carboxylic acids is 1. The molecule has 3 atom stereocenters. The summed E-state index contributed by atoms with van der Waals surface area (Å²) >= 11 is 6.54. The zero-order valence-electron chi connectivity index (χ0n) is 67.2. The SMILES string of the molecule is CCS(=O)(=O)N1CCOC(CN)C1.CCS(=O)(=O)N1CCOC(CNc2ccc(S(=O)(=O)CC(=O)c3ccc(N4CCN(CC5=C(c6ccc(C(F)(F)F)cc6Cl)CC(C)(C)CC5)CC4)cc3Oc3cnc4[nH]ccc4c3)cc2[N+](=O)[O-])C1.CCS(=O)(=O)N1CCOC(CNc2ccc(S(N)(=O)=O)cc2[N+](=O)[O-])C1.NS(=O)(=O)c1ccc(F)c([N+](=O)[O-])c1. The van der Waals surface area contributed by atoms with E-state index in [1.54, 1.807) is 44.3 Å². The Morgan fingerprint density at radius 3 is 1.63 bits per heavy atom. The van der Waals surface area contributed by atoms with Crippen LogP contribution in [0.5, 0.6) is 11.5 Å². The standard InChI is InChI=1S/C48H53ClF3N7O9S2.C13H20N4O7S2.C7H16N2O3S.C6H5FN2O4S/c1-4-70(65,66)58-19-20-67-36(29-58)27-54-42-10-7-37(24-43(42)59(61)62)69(63,64)30-44(60)39-9-6-34(23-45(39)68-35-21-31-12-14-53-46(31)55-26-35)57-17-15-56(16-18-57)28-32-11-13-47(2,3)25-40(32)38-8-5-33(22-41(38)49)48(50,51)52;1-2-25(20,21)16-5-6-24-10(9-16)8-15-12-4-3-11(26(14,22)23)7-13(12)17(18)19;1-2-13(10,11)9-3-4-12-7(5-8)6-9;7-5-2-1-4(14(8,12)13)3-6(5)9(10)11/h5-10,12,14,21-24,26,36,54H,4,11,13,15-20,25,27-30H2,1-3H3,(H,53,55);3-4,7,10,15H,2,5-6,8-9H2,1H3,(H2,14,22,23);7H,2-6,8H2,1H3;1-3H,(H2,8,12,13). The van der Waals surface area contributed by atoms with E-state index in [9.17, 15) is 103 Å². The van der Waals surface area contributed by atoms with Crippen LogP contribution in [-0.4, -0.2) is 252 Å². The van der Waals surface area contributed by atoms with Crippen molar-refractivity contribution in [3.8, 4) is 11.5 Å². The molecular weight excluding hydrogens is 1770 g/mol. The van der Waals surface area contributed by atoms with Gasteiger partial charge in [-0.15, -0.1) is 0 Å². The summed E-state index contributed by atoms with van der Waals surface area (Å²) in [6, 6.07) is 20.6. The van der Waals surface area contributed by atoms with E-state index in [4.69, 9.17) is 46.6 Å². The van der Waals surface area contributed by atoms with E-state index in [-0.39, 0.29) is 120 Å². The topological polar surface area (TPSA) is 535 Å². The average Bonchev–Trinajstić information content (AvgIpc) is 1.18. The number of benzene rings is 5. The Balaban J connectivity index is 0.000000259. The van der Waals surface area contributed by atoms with Crippen molar-refractivity contribution < 1.29 is 107 Å². The first-order valence-corrected chi connectivity index (χ1v) is 48.1. The van der Waals surface area contributed by atoms with Crippen molar-refractivity contribution in [3.63, 3.8) is 0 Å². The number of alkyl halides is 3. The first-order valence-electron chi connectivity index (χ1n) is 38.1. The molecule has 0 saturated carbocycles. The number of Topliss-reactive ketones (excluding diaryl/α,β-unsaturated/α-hetero) is 1. The lowest BCUT2D eigenvalue weighted by Gasteiger charge is -2.39. The first-order chi connectivity index (χ1) is 57.5. The van der Waals surface area contributed by atoms with Gasteiger partial charge in [0, 0.05) is 138 Å². The summed E-state index contributed by atoms with van der Waals surface area (Å²) in [5.41, 5.74) is 6.69. The van der Waals surface area contributed by atoms with Gasteiger partial charge in [-0.2, -0.15) is 30.5 Å². The second-order valence-corrected chi connectivity index (χ2v) is 41.8. The Bertz CT molecular complexity index is 5820. The molecule has 4 saturated heterocycles. The molecule has 6 heterocycles. The van der Waals surface area contributed by atoms with Crippen molar-refractivity contribution in [2.45, 2.75) is 93.1 Å². The number of nitrogens with zero attached hydrogens (tertiary/aromatic N) is 9. The molecule has 49 heteroatoms. The van der Waals surface area contributed by atoms with Crippen LogP contribution in [0.2, 0.25) is 5.02 Å². The quantitative estimate of drug-likeness (QED) is 0.0117. The zero-order valence-corrected chi connectivity index (χ0v) is 72.8. The molecule has 674 valence electrons. The highest BCUT2D eigenvalue weighted by Gasteiger charge is 2.37. The van der Waals surface area contributed by atoms with Crippen molar-refractivity contribution in [2.75, 3.05) is 150 Å². The van der Waals surface area contributed by atoms with Crippen LogP contribution in [0.4, 0.5) is 51.7 Å². The summed E-state index contributed by atoms with van der Waals surface area (Å²) in [6.45, 7) is 14.8. The van der Waals surface area contributed by atoms with Crippen LogP contribution >= 0.6 is 11.6 Å². The smallest absolute Gasteiger partial charge is 0.416 e. The van der Waals surface area contributed by atoms with Crippen molar-refractivity contribution in [3.05, 3.63) is 179 Å². The van der Waals surface area contributed by atoms with E-state index in [0.717, 1.165) is 65.8 Å². The number of ether oxygens (including phenoxy) is 4. The molecule has 123 heavy (non-hydrogen) atoms. The van der Waals surface area contributed by atoms with Gasteiger partial charge in [0.25, 0.3) is 11.4 Å². The highest BCUT2D eigenvalue weighted by Crippen LogP contribution is 2.46. The van der Waals surface area contributed by atoms with Crippen molar-refractivity contribution in [1.29, 1.82) is 0 Å². The number of allylic oxidation sites excluding steroid dienone is 1. The molecule has 4 aliphatic heterocycles. The molecular formula is C74H94ClF4N15O23S6. The van der Waals surface area contributed by atoms with Crippen molar-refractivity contribution in [2.24, 2.45) is 21.4 Å². The van der Waals surface area contributed by atoms with Gasteiger partial charge < -0.3 is 45.2 Å². The minimum Gasteiger partial charge on any atom is -0.455 e. The molecule has 9 N–H and O–H groups in total. The number of aromatic amines is 1. The minimum atomic E-state index is -4.51. The van der Waals surface area contributed by atoms with Crippen LogP contribution in [0.1, 0.15) is 75.4 Å². The van der Waals surface area contributed by atoms with Crippen molar-refractivity contribution >= 4 is 128 Å². The van der Waals surface area contributed by atoms with E-state index in [1.165, 1.54) is 56.4 Å². The first kappa shape index (κ1) is 97.7. The van der Waals surface area contributed by atoms with Gasteiger partial charge in [0.1, 0.15) is 34.3 Å². The maximum atomic E-state index is 14.1. The molecule has 0 spiro atoms. The van der Waals surface area contributed by atoms with Crippen LogP contribution < -0.4 is 36.3 Å². The summed E-state index contributed by atoms with van der Waals surface area (Å²) in [5, 5.41) is 49.8. The Morgan fingerprint density at radius 2 is 1.14 bits per heavy atom. The van der Waals surface area contributed by atoms with Gasteiger partial charge in [0.2, 0.25) is 55.9 Å². The molecule has 4 fully saturated rings. The van der Waals surface area contributed by atoms with Gasteiger partial charge in [0.05, 0.1) is 102 Å². The van der Waals surface area contributed by atoms with Crippen LogP contribution in [0.25, 0.3) is 16.6 Å². The molecule has 0 amide bonds. The van der Waals surface area contributed by atoms with Crippen molar-refractivity contribution in [1.82, 2.24) is 27.8 Å². The summed E-state index contributed by atoms with van der Waals surface area (Å²) in [4.78, 5) is 55.7. The highest BCUT2D eigenvalue weighted by molar-refractivity contribution is 7.92. The van der Waals surface area contributed by atoms with Gasteiger partial charge in [-0.3, -0.25) is 40.0 Å². The number of fused-ring (bicyclic) bond motifs is 1. The molecule has 1 aliphatic carbocycles. The minimum absolute atomic E-state index is 0.00423. The number of nitrogens with two attached hydrogens (primary N) is 3. The molecule has 12 rings (SSSR count). The number of hydrogen-bond donors (Lipinski definition) is 6. The summed E-state index contributed by atoms with van der Waals surface area (Å²) in [6.07, 6.45) is -0.216. The number of nitrogens with one attached hydrogen (secondary N) is 3. The third-order valence-corrected chi connectivity index (χ3v) is 29.8. The van der Waals surface area contributed by atoms with Crippen LogP contribution in [0.15, 0.2) is 136 Å². The van der Waals surface area contributed by atoms with E-state index in [1.807, 2.05) is 0 Å². The Morgan fingerprint density at radius 1 is 0.642 bits per heavy atom. The number of nitro groups is 3. The number of hydrogen-bond acceptors (Lipinski definition) is 29. The molecule has 7 aromatic rings. The fraction of sp³-hybridized carbons (Fsp3) is 0.459. The largest absolute Gasteiger partial charge is 0.455 e. The Labute approximate surface area is 713 Å². The number of sulfone groups is 1. The zero-order chi connectivity index (χ0) is 90.5.